The molecule has 0 saturated heterocycles. The van der Waals surface area contributed by atoms with Gasteiger partial charge in [0.25, 0.3) is 0 Å². The molecule has 2 amide bonds. The molecule has 4 nitrogen and oxygen atoms in total. The first kappa shape index (κ1) is 16.9. The van der Waals surface area contributed by atoms with E-state index in [9.17, 15) is 18.4 Å². The predicted molar refractivity (Wildman–Crippen MR) is 84.9 cm³/mol. The number of hydrogen-bond acceptors (Lipinski definition) is 2. The molecule has 0 aromatic heterocycles. The fraction of sp³-hybridized carbons (Fsp3) is 0.556. The number of carbonyl (C=O) groups is 2. The topological polar surface area (TPSA) is 58.2 Å². The summed E-state index contributed by atoms with van der Waals surface area (Å²) in [5.41, 5.74) is 0.216. The molecule has 2 fully saturated rings. The van der Waals surface area contributed by atoms with Gasteiger partial charge in [-0.05, 0) is 56.2 Å². The molecule has 3 rings (SSSR count). The Morgan fingerprint density at radius 2 is 1.92 bits per heavy atom. The van der Waals surface area contributed by atoms with Gasteiger partial charge in [-0.1, -0.05) is 0 Å². The van der Waals surface area contributed by atoms with E-state index < -0.39 is 17.7 Å². The van der Waals surface area contributed by atoms with Crippen LogP contribution in [0.5, 0.6) is 0 Å². The van der Waals surface area contributed by atoms with Gasteiger partial charge in [0.1, 0.15) is 11.6 Å². The molecule has 0 bridgehead atoms. The van der Waals surface area contributed by atoms with E-state index in [1.54, 1.807) is 0 Å². The van der Waals surface area contributed by atoms with Gasteiger partial charge in [-0.25, -0.2) is 8.78 Å². The van der Waals surface area contributed by atoms with Crippen LogP contribution in [0.3, 0.4) is 0 Å². The second-order valence-electron chi connectivity index (χ2n) is 6.72. The fourth-order valence-corrected chi connectivity index (χ4v) is 2.83. The van der Waals surface area contributed by atoms with Crippen LogP contribution in [0, 0.1) is 23.5 Å². The first-order valence-corrected chi connectivity index (χ1v) is 8.56. The van der Waals surface area contributed by atoms with Gasteiger partial charge in [0.05, 0.1) is 6.04 Å². The van der Waals surface area contributed by atoms with E-state index in [0.717, 1.165) is 43.9 Å². The van der Waals surface area contributed by atoms with Gasteiger partial charge in [0.2, 0.25) is 11.8 Å². The Bertz CT molecular complexity index is 627. The molecule has 1 aromatic carbocycles. The highest BCUT2D eigenvalue weighted by Crippen LogP contribution is 2.41. The van der Waals surface area contributed by atoms with E-state index in [0.29, 0.717) is 13.0 Å². The molecular formula is C18H22F2N2O2. The molecule has 2 saturated carbocycles. The lowest BCUT2D eigenvalue weighted by Gasteiger charge is -2.19. The van der Waals surface area contributed by atoms with Gasteiger partial charge in [0, 0.05) is 24.4 Å². The molecule has 1 atom stereocenters. The average molecular weight is 336 g/mol. The highest BCUT2D eigenvalue weighted by atomic mass is 19.1. The summed E-state index contributed by atoms with van der Waals surface area (Å²) in [5.74, 6) is -0.808. The molecule has 2 aliphatic rings. The number of amides is 2. The number of benzene rings is 1. The molecule has 2 aliphatic carbocycles. The van der Waals surface area contributed by atoms with Crippen LogP contribution in [0.4, 0.5) is 8.78 Å². The summed E-state index contributed by atoms with van der Waals surface area (Å²) in [6.45, 7) is 0.463. The van der Waals surface area contributed by atoms with E-state index in [-0.39, 0.29) is 35.6 Å². The Hall–Kier alpha value is -1.98. The minimum absolute atomic E-state index is 0.0631. The highest BCUT2D eigenvalue weighted by molar-refractivity contribution is 5.81. The molecule has 0 radical (unpaired) electrons. The third kappa shape index (κ3) is 4.52. The monoisotopic (exact) mass is 336 g/mol. The van der Waals surface area contributed by atoms with Gasteiger partial charge in [-0.2, -0.15) is 0 Å². The number of nitrogens with one attached hydrogen (secondary N) is 2. The quantitative estimate of drug-likeness (QED) is 0.717. The van der Waals surface area contributed by atoms with Crippen LogP contribution in [0.2, 0.25) is 0 Å². The Balaban J connectivity index is 1.49. The molecule has 24 heavy (non-hydrogen) atoms. The maximum atomic E-state index is 14.0. The van der Waals surface area contributed by atoms with Crippen molar-refractivity contribution in [1.29, 1.82) is 0 Å². The van der Waals surface area contributed by atoms with Crippen molar-refractivity contribution in [2.75, 3.05) is 6.54 Å². The van der Waals surface area contributed by atoms with Crippen molar-refractivity contribution in [3.05, 3.63) is 35.4 Å². The van der Waals surface area contributed by atoms with Crippen molar-refractivity contribution in [2.45, 2.75) is 44.6 Å². The smallest absolute Gasteiger partial charge is 0.223 e. The summed E-state index contributed by atoms with van der Waals surface area (Å²) in [5, 5.41) is 5.64. The van der Waals surface area contributed by atoms with E-state index in [4.69, 9.17) is 0 Å². The number of halogens is 2. The van der Waals surface area contributed by atoms with Crippen LogP contribution >= 0.6 is 0 Å². The lowest BCUT2D eigenvalue weighted by molar-refractivity contribution is -0.124. The van der Waals surface area contributed by atoms with Crippen molar-refractivity contribution in [3.8, 4) is 0 Å². The van der Waals surface area contributed by atoms with Crippen LogP contribution < -0.4 is 10.6 Å². The number of rotatable bonds is 8. The van der Waals surface area contributed by atoms with Crippen LogP contribution in [0.25, 0.3) is 0 Å². The van der Waals surface area contributed by atoms with Crippen molar-refractivity contribution >= 4 is 11.8 Å². The molecule has 130 valence electrons. The van der Waals surface area contributed by atoms with Crippen LogP contribution in [-0.2, 0) is 9.59 Å². The second-order valence-corrected chi connectivity index (χ2v) is 6.72. The third-order valence-electron chi connectivity index (χ3n) is 4.53. The highest BCUT2D eigenvalue weighted by Gasteiger charge is 2.35. The maximum Gasteiger partial charge on any atom is 0.223 e. The minimum atomic E-state index is -0.505. The summed E-state index contributed by atoms with van der Waals surface area (Å²) in [7, 11) is 0. The predicted octanol–water partition coefficient (Wildman–Crippen LogP) is 2.84. The lowest BCUT2D eigenvalue weighted by Crippen LogP contribution is -2.32. The summed E-state index contributed by atoms with van der Waals surface area (Å²) in [4.78, 5) is 23.6. The maximum absolute atomic E-state index is 14.0. The zero-order valence-electron chi connectivity index (χ0n) is 13.5. The fourth-order valence-electron chi connectivity index (χ4n) is 2.83. The van der Waals surface area contributed by atoms with Crippen LogP contribution in [0.15, 0.2) is 18.2 Å². The molecule has 1 unspecified atom stereocenters. The van der Waals surface area contributed by atoms with Crippen molar-refractivity contribution in [1.82, 2.24) is 10.6 Å². The first-order valence-electron chi connectivity index (χ1n) is 8.56. The second kappa shape index (κ2) is 7.28. The molecule has 0 spiro atoms. The van der Waals surface area contributed by atoms with Crippen molar-refractivity contribution < 1.29 is 18.4 Å². The van der Waals surface area contributed by atoms with Crippen molar-refractivity contribution in [3.63, 3.8) is 0 Å². The third-order valence-corrected chi connectivity index (χ3v) is 4.53. The molecule has 2 N–H and O–H groups in total. The molecule has 1 aromatic rings. The normalized spacial score (nSPS) is 18.1. The lowest BCUT2D eigenvalue weighted by atomic mass is 10.0. The average Bonchev–Trinajstić information content (AvgIpc) is 3.43. The van der Waals surface area contributed by atoms with E-state index in [1.165, 1.54) is 0 Å². The summed E-state index contributed by atoms with van der Waals surface area (Å²) < 4.78 is 27.4. The Morgan fingerprint density at radius 3 is 2.58 bits per heavy atom. The van der Waals surface area contributed by atoms with Crippen LogP contribution in [0.1, 0.15) is 50.1 Å². The van der Waals surface area contributed by atoms with E-state index in [2.05, 4.69) is 10.6 Å². The van der Waals surface area contributed by atoms with Crippen LogP contribution in [-0.4, -0.2) is 18.4 Å². The van der Waals surface area contributed by atoms with Gasteiger partial charge in [-0.3, -0.25) is 9.59 Å². The van der Waals surface area contributed by atoms with E-state index in [1.807, 2.05) is 0 Å². The summed E-state index contributed by atoms with van der Waals surface area (Å²) in [6, 6.07) is 2.86. The Kier molecular flexibility index (Phi) is 5.11. The minimum Gasteiger partial charge on any atom is -0.356 e. The number of carbonyl (C=O) groups excluding carboxylic acids is 2. The van der Waals surface area contributed by atoms with E-state index >= 15 is 0 Å². The summed E-state index contributed by atoms with van der Waals surface area (Å²) in [6.07, 6.45) is 4.50. The zero-order chi connectivity index (χ0) is 17.1. The molecular weight excluding hydrogens is 314 g/mol. The van der Waals surface area contributed by atoms with Gasteiger partial charge in [0.15, 0.2) is 0 Å². The summed E-state index contributed by atoms with van der Waals surface area (Å²) >= 11 is 0. The van der Waals surface area contributed by atoms with Gasteiger partial charge >= 0.3 is 0 Å². The number of hydrogen-bond donors (Lipinski definition) is 2. The Morgan fingerprint density at radius 1 is 1.17 bits per heavy atom. The largest absolute Gasteiger partial charge is 0.356 e. The van der Waals surface area contributed by atoms with Gasteiger partial charge in [-0.15, -0.1) is 0 Å². The first-order chi connectivity index (χ1) is 11.5. The molecule has 6 heteroatoms. The SMILES string of the molecule is O=C(CCCNC(=O)C1CC1)NC(c1cc(F)ccc1F)C1CC1. The Labute approximate surface area is 140 Å². The van der Waals surface area contributed by atoms with Crippen molar-refractivity contribution in [2.24, 2.45) is 11.8 Å². The van der Waals surface area contributed by atoms with Gasteiger partial charge < -0.3 is 10.6 Å². The molecule has 0 aliphatic heterocycles. The molecule has 0 heterocycles. The zero-order valence-corrected chi connectivity index (χ0v) is 13.5. The standard InChI is InChI=1S/C18H22F2N2O2/c19-13-7-8-15(20)14(10-13)17(11-3-4-11)22-16(23)2-1-9-21-18(24)12-5-6-12/h7-8,10-12,17H,1-6,9H2,(H,21,24)(H,22,23).